The van der Waals surface area contributed by atoms with E-state index in [2.05, 4.69) is 15.9 Å². The van der Waals surface area contributed by atoms with Crippen LogP contribution in [0.1, 0.15) is 30.7 Å². The number of carbonyl (C=O) groups is 2. The second kappa shape index (κ2) is 7.66. The molecule has 3 atom stereocenters. The fourth-order valence-corrected chi connectivity index (χ4v) is 3.87. The summed E-state index contributed by atoms with van der Waals surface area (Å²) in [6.45, 7) is 2.32. The molecular weight excluding hydrogens is 374 g/mol. The minimum atomic E-state index is -0.831. The first-order valence-corrected chi connectivity index (χ1v) is 9.17. The zero-order valence-corrected chi connectivity index (χ0v) is 15.1. The molecule has 0 radical (unpaired) electrons. The van der Waals surface area contributed by atoms with Crippen molar-refractivity contribution in [3.05, 3.63) is 34.3 Å². The highest BCUT2D eigenvalue weighted by atomic mass is 79.9. The van der Waals surface area contributed by atoms with Gasteiger partial charge in [-0.1, -0.05) is 28.1 Å². The molecule has 0 aliphatic carbocycles. The van der Waals surface area contributed by atoms with E-state index in [1.807, 2.05) is 24.3 Å². The van der Waals surface area contributed by atoms with Crippen LogP contribution in [0.25, 0.3) is 0 Å². The van der Waals surface area contributed by atoms with E-state index in [-0.39, 0.29) is 11.8 Å². The quantitative estimate of drug-likeness (QED) is 0.831. The van der Waals surface area contributed by atoms with E-state index in [0.29, 0.717) is 25.4 Å². The Morgan fingerprint density at radius 3 is 2.62 bits per heavy atom. The molecule has 2 heterocycles. The molecule has 1 aromatic rings. The van der Waals surface area contributed by atoms with Crippen molar-refractivity contribution >= 4 is 27.8 Å². The Morgan fingerprint density at radius 1 is 1.25 bits per heavy atom. The Hall–Kier alpha value is -1.40. The smallest absolute Gasteiger partial charge is 0.308 e. The van der Waals surface area contributed by atoms with Gasteiger partial charge in [0.1, 0.15) is 0 Å². The van der Waals surface area contributed by atoms with Gasteiger partial charge >= 0.3 is 5.97 Å². The summed E-state index contributed by atoms with van der Waals surface area (Å²) in [5.41, 5.74) is 0.977. The van der Waals surface area contributed by atoms with Gasteiger partial charge in [-0.25, -0.2) is 0 Å². The van der Waals surface area contributed by atoms with Crippen LogP contribution in [0.3, 0.4) is 0 Å². The van der Waals surface area contributed by atoms with Crippen molar-refractivity contribution in [2.24, 2.45) is 11.8 Å². The fraction of sp³-hybridized carbons (Fsp3) is 0.556. The summed E-state index contributed by atoms with van der Waals surface area (Å²) >= 11 is 3.39. The number of benzene rings is 1. The Bertz CT molecular complexity index is 598. The third-order valence-electron chi connectivity index (χ3n) is 5.08. The fourth-order valence-electron chi connectivity index (χ4n) is 3.60. The van der Waals surface area contributed by atoms with Crippen LogP contribution < -0.4 is 0 Å². The molecule has 6 heteroatoms. The van der Waals surface area contributed by atoms with Crippen molar-refractivity contribution in [2.45, 2.75) is 25.2 Å². The third kappa shape index (κ3) is 3.98. The molecule has 3 rings (SSSR count). The van der Waals surface area contributed by atoms with Crippen LogP contribution in [0.5, 0.6) is 0 Å². The normalized spacial score (nSPS) is 26.7. The highest BCUT2D eigenvalue weighted by Gasteiger charge is 2.40. The van der Waals surface area contributed by atoms with Crippen LogP contribution in [0.4, 0.5) is 0 Å². The maximum absolute atomic E-state index is 12.5. The number of hydrogen-bond acceptors (Lipinski definition) is 3. The molecule has 5 nitrogen and oxygen atoms in total. The lowest BCUT2D eigenvalue weighted by Gasteiger charge is -2.17. The monoisotopic (exact) mass is 395 g/mol. The van der Waals surface area contributed by atoms with Crippen molar-refractivity contribution in [3.8, 4) is 0 Å². The zero-order valence-electron chi connectivity index (χ0n) is 13.5. The molecule has 0 spiro atoms. The molecule has 0 aromatic heterocycles. The first-order valence-electron chi connectivity index (χ1n) is 8.38. The van der Waals surface area contributed by atoms with E-state index in [1.165, 1.54) is 0 Å². The first-order chi connectivity index (χ1) is 11.5. The van der Waals surface area contributed by atoms with Crippen LogP contribution in [-0.4, -0.2) is 48.2 Å². The van der Waals surface area contributed by atoms with E-state index in [4.69, 9.17) is 4.74 Å². The number of aliphatic carboxylic acids is 1. The van der Waals surface area contributed by atoms with Gasteiger partial charge < -0.3 is 14.7 Å². The van der Waals surface area contributed by atoms with Crippen molar-refractivity contribution in [1.82, 2.24) is 4.90 Å². The molecular formula is C18H22BrNO4. The lowest BCUT2D eigenvalue weighted by Crippen LogP contribution is -2.30. The summed E-state index contributed by atoms with van der Waals surface area (Å²) in [4.78, 5) is 25.8. The summed E-state index contributed by atoms with van der Waals surface area (Å²) in [7, 11) is 0. The standard InChI is InChI=1S/C18H22BrNO4/c19-14-4-2-13(3-5-14)15-9-20(10-16(15)18(22)23)17(21)6-1-12-7-8-24-11-12/h2-5,12,15-16H,1,6-11H2,(H,22,23)/t12?,15-,16+/m0/s1. The van der Waals surface area contributed by atoms with Crippen LogP contribution in [0, 0.1) is 11.8 Å². The molecule has 130 valence electrons. The van der Waals surface area contributed by atoms with Crippen molar-refractivity contribution in [1.29, 1.82) is 0 Å². The Balaban J connectivity index is 1.64. The van der Waals surface area contributed by atoms with E-state index < -0.39 is 11.9 Å². The Labute approximate surface area is 150 Å². The van der Waals surface area contributed by atoms with Crippen molar-refractivity contribution in [3.63, 3.8) is 0 Å². The largest absolute Gasteiger partial charge is 0.481 e. The molecule has 1 amide bonds. The second-order valence-corrected chi connectivity index (χ2v) is 7.59. The number of nitrogens with zero attached hydrogens (tertiary/aromatic N) is 1. The number of ether oxygens (including phenoxy) is 1. The van der Waals surface area contributed by atoms with Gasteiger partial charge in [-0.15, -0.1) is 0 Å². The van der Waals surface area contributed by atoms with Gasteiger partial charge in [0, 0.05) is 43.1 Å². The Kier molecular flexibility index (Phi) is 5.56. The Morgan fingerprint density at radius 2 is 2.00 bits per heavy atom. The molecule has 1 unspecified atom stereocenters. The molecule has 0 saturated carbocycles. The minimum absolute atomic E-state index is 0.0627. The predicted octanol–water partition coefficient (Wildman–Crippen LogP) is 2.89. The lowest BCUT2D eigenvalue weighted by molar-refractivity contribution is -0.141. The topological polar surface area (TPSA) is 66.8 Å². The van der Waals surface area contributed by atoms with Gasteiger partial charge in [0.05, 0.1) is 5.92 Å². The number of carbonyl (C=O) groups excluding carboxylic acids is 1. The molecule has 2 fully saturated rings. The molecule has 0 bridgehead atoms. The first kappa shape index (κ1) is 17.4. The summed E-state index contributed by atoms with van der Waals surface area (Å²) in [5.74, 6) is -0.983. The van der Waals surface area contributed by atoms with Gasteiger partial charge in [-0.2, -0.15) is 0 Å². The van der Waals surface area contributed by atoms with E-state index in [0.717, 1.165) is 36.1 Å². The van der Waals surface area contributed by atoms with Crippen molar-refractivity contribution < 1.29 is 19.4 Å². The van der Waals surface area contributed by atoms with Gasteiger partial charge in [0.2, 0.25) is 5.91 Å². The summed E-state index contributed by atoms with van der Waals surface area (Å²) in [6, 6.07) is 7.71. The van der Waals surface area contributed by atoms with Gasteiger partial charge in [0.15, 0.2) is 0 Å². The predicted molar refractivity (Wildman–Crippen MR) is 92.7 cm³/mol. The number of halogens is 1. The van der Waals surface area contributed by atoms with Crippen LogP contribution >= 0.6 is 15.9 Å². The SMILES string of the molecule is O=C(O)[C@@H]1CN(C(=O)CCC2CCOC2)C[C@H]1c1ccc(Br)cc1. The number of hydrogen-bond donors (Lipinski definition) is 1. The number of amides is 1. The maximum Gasteiger partial charge on any atom is 0.308 e. The summed E-state index contributed by atoms with van der Waals surface area (Å²) in [5, 5.41) is 9.54. The third-order valence-corrected chi connectivity index (χ3v) is 5.61. The molecule has 2 saturated heterocycles. The van der Waals surface area contributed by atoms with Crippen molar-refractivity contribution in [2.75, 3.05) is 26.3 Å². The molecule has 2 aliphatic heterocycles. The summed E-state index contributed by atoms with van der Waals surface area (Å²) < 4.78 is 6.30. The number of likely N-dealkylation sites (tertiary alicyclic amines) is 1. The van der Waals surface area contributed by atoms with E-state index in [1.54, 1.807) is 4.90 Å². The van der Waals surface area contributed by atoms with E-state index >= 15 is 0 Å². The summed E-state index contributed by atoms with van der Waals surface area (Å²) in [6.07, 6.45) is 2.33. The highest BCUT2D eigenvalue weighted by molar-refractivity contribution is 9.10. The van der Waals surface area contributed by atoms with Gasteiger partial charge in [-0.05, 0) is 36.5 Å². The molecule has 2 aliphatic rings. The molecule has 24 heavy (non-hydrogen) atoms. The van der Waals surface area contributed by atoms with Gasteiger partial charge in [0.25, 0.3) is 0 Å². The number of carboxylic acid groups (broad SMARTS) is 1. The average Bonchev–Trinajstić information content (AvgIpc) is 3.23. The second-order valence-electron chi connectivity index (χ2n) is 6.67. The van der Waals surface area contributed by atoms with Crippen LogP contribution in [-0.2, 0) is 14.3 Å². The number of rotatable bonds is 5. The molecule has 1 aromatic carbocycles. The van der Waals surface area contributed by atoms with Crippen LogP contribution in [0.15, 0.2) is 28.7 Å². The number of carboxylic acids is 1. The minimum Gasteiger partial charge on any atom is -0.481 e. The molecule has 1 N–H and O–H groups in total. The lowest BCUT2D eigenvalue weighted by atomic mass is 9.89. The average molecular weight is 396 g/mol. The van der Waals surface area contributed by atoms with Crippen LogP contribution in [0.2, 0.25) is 0 Å². The maximum atomic E-state index is 12.5. The zero-order chi connectivity index (χ0) is 17.1. The highest BCUT2D eigenvalue weighted by Crippen LogP contribution is 2.34. The van der Waals surface area contributed by atoms with E-state index in [9.17, 15) is 14.7 Å². The van der Waals surface area contributed by atoms with Gasteiger partial charge in [-0.3, -0.25) is 9.59 Å².